The number of ether oxygens (including phenoxy) is 3. The fraction of sp³-hybridized carbons (Fsp3) is 0.364. The lowest BCUT2D eigenvalue weighted by atomic mass is 9.93. The maximum atomic E-state index is 14.0. The molecule has 4 aromatic rings. The van der Waals surface area contributed by atoms with Gasteiger partial charge in [0, 0.05) is 18.2 Å². The van der Waals surface area contributed by atoms with E-state index in [1.807, 2.05) is 51.9 Å². The van der Waals surface area contributed by atoms with Crippen molar-refractivity contribution >= 4 is 22.8 Å². The summed E-state index contributed by atoms with van der Waals surface area (Å²) in [6.45, 7) is 0.850. The molecule has 1 saturated carbocycles. The first-order chi connectivity index (χ1) is 20.5. The van der Waals surface area contributed by atoms with Gasteiger partial charge in [-0.3, -0.25) is 9.59 Å². The average molecular weight is 571 g/mol. The van der Waals surface area contributed by atoms with Crippen LogP contribution in [0, 0.1) is 0 Å². The molecule has 0 saturated heterocycles. The Labute approximate surface area is 246 Å². The largest absolute Gasteiger partial charge is 0.493 e. The van der Waals surface area contributed by atoms with Crippen LogP contribution in [0.25, 0.3) is 11.0 Å². The standard InChI is InChI=1S/C33H38N4O5/c1-40-28-18-24(19-29(41-2)32(28)42-3)33(39)34-20-30-35-26-16-10-11-17-27(26)37(30)22-31(38)36(25-14-8-5-9-15-25)21-23-12-6-4-7-13-23/h4,6-7,10-13,16-19,25H,5,8-9,14-15,20-22H2,1-3H3,(H,34,39). The molecule has 0 spiro atoms. The van der Waals surface area contributed by atoms with Crippen molar-refractivity contribution in [3.8, 4) is 17.2 Å². The van der Waals surface area contributed by atoms with Gasteiger partial charge in [-0.15, -0.1) is 0 Å². The van der Waals surface area contributed by atoms with Crippen LogP contribution in [-0.4, -0.2) is 53.6 Å². The lowest BCUT2D eigenvalue weighted by Gasteiger charge is -2.35. The first kappa shape index (κ1) is 29.0. The van der Waals surface area contributed by atoms with Gasteiger partial charge in [0.15, 0.2) is 11.5 Å². The number of aromatic nitrogens is 2. The minimum Gasteiger partial charge on any atom is -0.493 e. The Morgan fingerprint density at radius 2 is 1.57 bits per heavy atom. The molecule has 0 bridgehead atoms. The van der Waals surface area contributed by atoms with E-state index < -0.39 is 0 Å². The molecule has 0 atom stereocenters. The SMILES string of the molecule is COc1cc(C(=O)NCc2nc3ccccc3n2CC(=O)N(Cc2ccccc2)C2CCCCC2)cc(OC)c1OC. The zero-order chi connectivity index (χ0) is 29.5. The molecule has 3 aromatic carbocycles. The number of carbonyl (C=O) groups excluding carboxylic acids is 2. The van der Waals surface area contributed by atoms with Crippen molar-refractivity contribution in [1.29, 1.82) is 0 Å². The summed E-state index contributed by atoms with van der Waals surface area (Å²) in [5.74, 6) is 1.52. The van der Waals surface area contributed by atoms with E-state index in [-0.39, 0.29) is 30.9 Å². The highest BCUT2D eigenvalue weighted by molar-refractivity contribution is 5.95. The summed E-state index contributed by atoms with van der Waals surface area (Å²) in [6.07, 6.45) is 5.51. The number of methoxy groups -OCH3 is 3. The van der Waals surface area contributed by atoms with Gasteiger partial charge in [-0.1, -0.05) is 61.7 Å². The van der Waals surface area contributed by atoms with Crippen molar-refractivity contribution in [2.75, 3.05) is 21.3 Å². The van der Waals surface area contributed by atoms with Gasteiger partial charge in [-0.25, -0.2) is 4.98 Å². The highest BCUT2D eigenvalue weighted by Crippen LogP contribution is 2.38. The number of hydrogen-bond donors (Lipinski definition) is 1. The maximum Gasteiger partial charge on any atom is 0.251 e. The lowest BCUT2D eigenvalue weighted by molar-refractivity contribution is -0.135. The van der Waals surface area contributed by atoms with Crippen molar-refractivity contribution in [1.82, 2.24) is 19.8 Å². The number of carbonyl (C=O) groups is 2. The normalized spacial score (nSPS) is 13.5. The van der Waals surface area contributed by atoms with Crippen LogP contribution in [0.1, 0.15) is 53.8 Å². The predicted molar refractivity (Wildman–Crippen MR) is 161 cm³/mol. The van der Waals surface area contributed by atoms with E-state index in [1.165, 1.54) is 27.8 Å². The number of para-hydroxylation sites is 2. The van der Waals surface area contributed by atoms with E-state index >= 15 is 0 Å². The first-order valence-corrected chi connectivity index (χ1v) is 14.4. The molecule has 2 amide bonds. The molecule has 42 heavy (non-hydrogen) atoms. The van der Waals surface area contributed by atoms with Crippen molar-refractivity contribution < 1.29 is 23.8 Å². The van der Waals surface area contributed by atoms with Gasteiger partial charge in [-0.2, -0.15) is 0 Å². The molecule has 0 unspecified atom stereocenters. The topological polar surface area (TPSA) is 94.9 Å². The quantitative estimate of drug-likeness (QED) is 0.261. The Bertz CT molecular complexity index is 1500. The molecule has 1 aliphatic rings. The summed E-state index contributed by atoms with van der Waals surface area (Å²) in [5, 5.41) is 2.96. The van der Waals surface area contributed by atoms with Crippen molar-refractivity contribution in [3.63, 3.8) is 0 Å². The van der Waals surface area contributed by atoms with E-state index in [1.54, 1.807) is 12.1 Å². The Morgan fingerprint density at radius 3 is 2.24 bits per heavy atom. The molecule has 220 valence electrons. The van der Waals surface area contributed by atoms with Crippen molar-refractivity contribution in [3.05, 3.63) is 83.7 Å². The summed E-state index contributed by atoms with van der Waals surface area (Å²) in [4.78, 5) is 34.1. The Balaban J connectivity index is 1.40. The zero-order valence-corrected chi connectivity index (χ0v) is 24.5. The fourth-order valence-corrected chi connectivity index (χ4v) is 5.73. The third-order valence-corrected chi connectivity index (χ3v) is 7.89. The molecular formula is C33H38N4O5. The summed E-state index contributed by atoms with van der Waals surface area (Å²) in [6, 6.07) is 21.3. The van der Waals surface area contributed by atoms with Gasteiger partial charge in [0.1, 0.15) is 12.4 Å². The second-order valence-electron chi connectivity index (χ2n) is 10.5. The Kier molecular flexibility index (Phi) is 9.26. The van der Waals surface area contributed by atoms with Gasteiger partial charge in [0.25, 0.3) is 5.91 Å². The minimum absolute atomic E-state index is 0.0473. The highest BCUT2D eigenvalue weighted by atomic mass is 16.5. The molecule has 1 aliphatic carbocycles. The number of benzene rings is 3. The Hall–Kier alpha value is -4.53. The molecule has 1 fully saturated rings. The van der Waals surface area contributed by atoms with E-state index in [4.69, 9.17) is 19.2 Å². The van der Waals surface area contributed by atoms with Gasteiger partial charge in [-0.05, 0) is 42.7 Å². The molecule has 5 rings (SSSR count). The van der Waals surface area contributed by atoms with Crippen LogP contribution in [0.3, 0.4) is 0 Å². The fourth-order valence-electron chi connectivity index (χ4n) is 5.73. The number of nitrogens with one attached hydrogen (secondary N) is 1. The number of amides is 2. The number of fused-ring (bicyclic) bond motifs is 1. The smallest absolute Gasteiger partial charge is 0.251 e. The van der Waals surface area contributed by atoms with E-state index in [0.29, 0.717) is 35.2 Å². The number of nitrogens with zero attached hydrogens (tertiary/aromatic N) is 3. The third kappa shape index (κ3) is 6.35. The molecule has 1 heterocycles. The lowest BCUT2D eigenvalue weighted by Crippen LogP contribution is -2.42. The molecule has 0 radical (unpaired) electrons. The second-order valence-corrected chi connectivity index (χ2v) is 10.5. The van der Waals surface area contributed by atoms with E-state index in [2.05, 4.69) is 17.4 Å². The number of rotatable bonds is 11. The molecule has 0 aliphatic heterocycles. The molecule has 9 heteroatoms. The number of hydrogen-bond acceptors (Lipinski definition) is 6. The minimum atomic E-state index is -0.327. The van der Waals surface area contributed by atoms with Crippen LogP contribution in [-0.2, 0) is 24.4 Å². The predicted octanol–water partition coefficient (Wildman–Crippen LogP) is 5.35. The molecular weight excluding hydrogens is 532 g/mol. The van der Waals surface area contributed by atoms with Gasteiger partial charge in [0.05, 0.1) is 38.9 Å². The third-order valence-electron chi connectivity index (χ3n) is 7.89. The van der Waals surface area contributed by atoms with Crippen molar-refractivity contribution in [2.24, 2.45) is 0 Å². The summed E-state index contributed by atoms with van der Waals surface area (Å²) in [5.41, 5.74) is 3.10. The summed E-state index contributed by atoms with van der Waals surface area (Å²) >= 11 is 0. The first-order valence-electron chi connectivity index (χ1n) is 14.4. The van der Waals surface area contributed by atoms with E-state index in [0.717, 1.165) is 42.3 Å². The molecule has 1 N–H and O–H groups in total. The van der Waals surface area contributed by atoms with Crippen LogP contribution in [0.2, 0.25) is 0 Å². The van der Waals surface area contributed by atoms with Crippen LogP contribution in [0.5, 0.6) is 17.2 Å². The van der Waals surface area contributed by atoms with Gasteiger partial charge >= 0.3 is 0 Å². The van der Waals surface area contributed by atoms with Crippen LogP contribution < -0.4 is 19.5 Å². The molecule has 9 nitrogen and oxygen atoms in total. The Morgan fingerprint density at radius 1 is 0.905 bits per heavy atom. The monoisotopic (exact) mass is 570 g/mol. The maximum absolute atomic E-state index is 14.0. The van der Waals surface area contributed by atoms with Crippen molar-refractivity contribution in [2.45, 2.75) is 57.8 Å². The zero-order valence-electron chi connectivity index (χ0n) is 24.5. The van der Waals surface area contributed by atoms with Gasteiger partial charge in [0.2, 0.25) is 11.7 Å². The summed E-state index contributed by atoms with van der Waals surface area (Å²) < 4.78 is 18.1. The van der Waals surface area contributed by atoms with E-state index in [9.17, 15) is 9.59 Å². The average Bonchev–Trinajstić information content (AvgIpc) is 3.39. The van der Waals surface area contributed by atoms with Gasteiger partial charge < -0.3 is 29.0 Å². The summed E-state index contributed by atoms with van der Waals surface area (Å²) in [7, 11) is 4.53. The van der Waals surface area contributed by atoms with Crippen LogP contribution in [0.15, 0.2) is 66.7 Å². The highest BCUT2D eigenvalue weighted by Gasteiger charge is 2.27. The number of imidazole rings is 1. The second kappa shape index (κ2) is 13.4. The van der Waals surface area contributed by atoms with Crippen LogP contribution in [0.4, 0.5) is 0 Å². The molecule has 1 aromatic heterocycles. The van der Waals surface area contributed by atoms with Crippen LogP contribution >= 0.6 is 0 Å².